The van der Waals surface area contributed by atoms with Gasteiger partial charge in [0, 0.05) is 22.2 Å². The molecule has 4 aromatic heterocycles. The minimum Gasteiger partial charge on any atom is -0.507 e. The molecule has 0 bridgehead atoms. The van der Waals surface area contributed by atoms with Crippen molar-refractivity contribution in [2.45, 2.75) is 57.7 Å². The Bertz CT molecular complexity index is 1550. The van der Waals surface area contributed by atoms with Crippen LogP contribution in [0.1, 0.15) is 46.6 Å². The molecule has 0 unspecified atom stereocenters. The summed E-state index contributed by atoms with van der Waals surface area (Å²) in [6.07, 6.45) is 1.82. The summed E-state index contributed by atoms with van der Waals surface area (Å²) in [6.45, 7) is 8.82. The third-order valence-corrected chi connectivity index (χ3v) is 6.50. The molecule has 0 amide bonds. The van der Waals surface area contributed by atoms with Gasteiger partial charge in [-0.1, -0.05) is 16.5 Å². The largest absolute Gasteiger partial charge is 0.507 e. The van der Waals surface area contributed by atoms with E-state index in [-0.39, 0.29) is 22.9 Å². The van der Waals surface area contributed by atoms with E-state index in [0.29, 0.717) is 33.8 Å². The summed E-state index contributed by atoms with van der Waals surface area (Å²) in [7, 11) is 0. The number of nitrogens with zero attached hydrogens (tertiary/aromatic N) is 8. The van der Waals surface area contributed by atoms with Crippen molar-refractivity contribution in [3.8, 4) is 28.3 Å². The zero-order valence-electron chi connectivity index (χ0n) is 20.0. The molecule has 1 aliphatic rings. The maximum Gasteiger partial charge on any atom is 0.202 e. The molecule has 3 N–H and O–H groups in total. The fourth-order valence-corrected chi connectivity index (χ4v) is 5.38. The maximum absolute atomic E-state index is 10.8. The molecule has 0 radical (unpaired) electrons. The van der Waals surface area contributed by atoms with Crippen molar-refractivity contribution >= 4 is 22.3 Å². The second-order valence-electron chi connectivity index (χ2n) is 10.5. The number of phenols is 1. The van der Waals surface area contributed by atoms with Crippen LogP contribution in [0.5, 0.6) is 5.75 Å². The molecule has 35 heavy (non-hydrogen) atoms. The van der Waals surface area contributed by atoms with Gasteiger partial charge >= 0.3 is 0 Å². The second-order valence-corrected chi connectivity index (χ2v) is 10.5. The second kappa shape index (κ2) is 7.51. The zero-order chi connectivity index (χ0) is 24.4. The number of aromatic nitrogens is 9. The van der Waals surface area contributed by atoms with Gasteiger partial charge in [-0.15, -0.1) is 20.4 Å². The molecule has 0 saturated carbocycles. The Morgan fingerprint density at radius 1 is 0.914 bits per heavy atom. The lowest BCUT2D eigenvalue weighted by molar-refractivity contribution is 0.127. The van der Waals surface area contributed by atoms with E-state index >= 15 is 0 Å². The lowest BCUT2D eigenvalue weighted by Crippen LogP contribution is -2.58. The first-order chi connectivity index (χ1) is 16.7. The van der Waals surface area contributed by atoms with Crippen LogP contribution in [0.2, 0.25) is 0 Å². The van der Waals surface area contributed by atoms with Crippen LogP contribution in [-0.2, 0) is 0 Å². The number of fused-ring (bicyclic) bond motifs is 2. The lowest BCUT2D eigenvalue weighted by atomic mass is 9.80. The highest BCUT2D eigenvalue weighted by Gasteiger charge is 2.39. The fourth-order valence-electron chi connectivity index (χ4n) is 5.38. The van der Waals surface area contributed by atoms with E-state index in [4.69, 9.17) is 0 Å². The van der Waals surface area contributed by atoms with Gasteiger partial charge in [0.05, 0.1) is 17.4 Å². The molecule has 5 aromatic rings. The number of aromatic hydroxyl groups is 1. The molecule has 178 valence electrons. The van der Waals surface area contributed by atoms with Crippen LogP contribution >= 0.6 is 0 Å². The van der Waals surface area contributed by atoms with E-state index in [0.717, 1.165) is 23.9 Å². The standard InChI is InChI=1S/C24H26N10O/c1-23(2)11-14(12-24(3,4)31-23)34-22-19(28-33-34)10-18(26-30-22)15-6-5-13(9-20(15)35)16-7-8-17-21(25-16)29-32-27-17/h5-10,14,31,35H,11-12H2,1-4H3,(H,25,27,29,32). The molecule has 1 saturated heterocycles. The van der Waals surface area contributed by atoms with Gasteiger partial charge in [-0.3, -0.25) is 5.10 Å². The van der Waals surface area contributed by atoms with Crippen LogP contribution in [0.15, 0.2) is 36.4 Å². The summed E-state index contributed by atoms with van der Waals surface area (Å²) in [6, 6.07) is 11.0. The molecule has 0 aliphatic carbocycles. The van der Waals surface area contributed by atoms with Gasteiger partial charge in [-0.05, 0) is 70.9 Å². The van der Waals surface area contributed by atoms with Crippen molar-refractivity contribution in [1.82, 2.24) is 50.9 Å². The van der Waals surface area contributed by atoms with E-state index < -0.39 is 0 Å². The highest BCUT2D eigenvalue weighted by Crippen LogP contribution is 2.37. The van der Waals surface area contributed by atoms with Crippen LogP contribution in [0.25, 0.3) is 44.8 Å². The molecule has 0 spiro atoms. The van der Waals surface area contributed by atoms with Crippen LogP contribution in [0.4, 0.5) is 0 Å². The quantitative estimate of drug-likeness (QED) is 0.361. The summed E-state index contributed by atoms with van der Waals surface area (Å²) < 4.78 is 1.89. The van der Waals surface area contributed by atoms with E-state index in [1.54, 1.807) is 12.1 Å². The molecular weight excluding hydrogens is 444 g/mol. The highest BCUT2D eigenvalue weighted by atomic mass is 16.3. The highest BCUT2D eigenvalue weighted by molar-refractivity contribution is 5.80. The smallest absolute Gasteiger partial charge is 0.202 e. The van der Waals surface area contributed by atoms with Crippen LogP contribution < -0.4 is 5.32 Å². The first-order valence-electron chi connectivity index (χ1n) is 11.6. The van der Waals surface area contributed by atoms with Crippen molar-refractivity contribution in [1.29, 1.82) is 0 Å². The predicted molar refractivity (Wildman–Crippen MR) is 130 cm³/mol. The average molecular weight is 471 g/mol. The van der Waals surface area contributed by atoms with Crippen LogP contribution in [0.3, 0.4) is 0 Å². The maximum atomic E-state index is 10.8. The van der Waals surface area contributed by atoms with Gasteiger partial charge in [0.2, 0.25) is 11.3 Å². The molecule has 1 fully saturated rings. The van der Waals surface area contributed by atoms with E-state index in [1.807, 2.05) is 28.9 Å². The van der Waals surface area contributed by atoms with Gasteiger partial charge in [-0.2, -0.15) is 0 Å². The van der Waals surface area contributed by atoms with E-state index in [1.165, 1.54) is 0 Å². The predicted octanol–water partition coefficient (Wildman–Crippen LogP) is 3.41. The lowest BCUT2D eigenvalue weighted by Gasteiger charge is -2.46. The SMILES string of the molecule is CC1(C)CC(n2nnc3cc(-c4ccc(-c5ccc6[nH]nnc6n5)cc4O)nnc32)CC(C)(C)N1. The molecule has 1 aliphatic heterocycles. The summed E-state index contributed by atoms with van der Waals surface area (Å²) in [4.78, 5) is 4.49. The Morgan fingerprint density at radius 3 is 2.49 bits per heavy atom. The first kappa shape index (κ1) is 21.5. The number of H-pyrrole nitrogens is 1. The molecule has 11 heteroatoms. The fraction of sp³-hybridized carbons (Fsp3) is 0.375. The summed E-state index contributed by atoms with van der Waals surface area (Å²) >= 11 is 0. The van der Waals surface area contributed by atoms with Gasteiger partial charge in [0.25, 0.3) is 0 Å². The average Bonchev–Trinajstić information content (AvgIpc) is 3.43. The first-order valence-corrected chi connectivity index (χ1v) is 11.6. The van der Waals surface area contributed by atoms with Crippen LogP contribution in [-0.4, -0.2) is 61.8 Å². The molecule has 0 atom stereocenters. The topological polar surface area (TPSA) is 143 Å². The number of hydrogen-bond acceptors (Lipinski definition) is 9. The van der Waals surface area contributed by atoms with Crippen molar-refractivity contribution in [2.24, 2.45) is 0 Å². The Hall–Kier alpha value is -3.99. The Morgan fingerprint density at radius 2 is 1.71 bits per heavy atom. The van der Waals surface area contributed by atoms with Gasteiger partial charge in [0.1, 0.15) is 16.8 Å². The summed E-state index contributed by atoms with van der Waals surface area (Å²) in [5.41, 5.74) is 5.03. The van der Waals surface area contributed by atoms with Gasteiger partial charge < -0.3 is 10.4 Å². The number of aromatic amines is 1. The number of nitrogens with one attached hydrogen (secondary N) is 2. The molecule has 5 heterocycles. The summed E-state index contributed by atoms with van der Waals surface area (Å²) in [5.74, 6) is 0.0763. The van der Waals surface area contributed by atoms with E-state index in [9.17, 15) is 5.11 Å². The monoisotopic (exact) mass is 470 g/mol. The Labute approximate surface area is 201 Å². The third-order valence-electron chi connectivity index (χ3n) is 6.50. The number of phenolic OH excluding ortho intramolecular Hbond substituents is 1. The number of rotatable bonds is 3. The Kier molecular flexibility index (Phi) is 4.62. The minimum atomic E-state index is -0.0291. The normalized spacial score (nSPS) is 17.8. The minimum absolute atomic E-state index is 0.0291. The number of benzene rings is 1. The zero-order valence-corrected chi connectivity index (χ0v) is 20.0. The van der Waals surface area contributed by atoms with Crippen molar-refractivity contribution in [3.63, 3.8) is 0 Å². The molecule has 11 nitrogen and oxygen atoms in total. The van der Waals surface area contributed by atoms with Gasteiger partial charge in [0.15, 0.2) is 0 Å². The summed E-state index contributed by atoms with van der Waals surface area (Å²) in [5, 5.41) is 42.7. The number of hydrogen-bond donors (Lipinski definition) is 3. The van der Waals surface area contributed by atoms with Crippen molar-refractivity contribution < 1.29 is 5.11 Å². The van der Waals surface area contributed by atoms with Crippen molar-refractivity contribution in [3.05, 3.63) is 36.4 Å². The number of pyridine rings is 1. The van der Waals surface area contributed by atoms with Crippen LogP contribution in [0, 0.1) is 0 Å². The molecule has 1 aromatic carbocycles. The molecular formula is C24H26N10O. The van der Waals surface area contributed by atoms with E-state index in [2.05, 4.69) is 73.9 Å². The van der Waals surface area contributed by atoms with Gasteiger partial charge in [-0.25, -0.2) is 9.67 Å². The number of piperidine rings is 1. The third kappa shape index (κ3) is 3.87. The molecule has 6 rings (SSSR count). The van der Waals surface area contributed by atoms with Crippen molar-refractivity contribution in [2.75, 3.05) is 0 Å². The Balaban J connectivity index is 1.32.